The second-order valence-electron chi connectivity index (χ2n) is 6.04. The molecule has 24 heavy (non-hydrogen) atoms. The smallest absolute Gasteiger partial charge is 0.390 e. The summed E-state index contributed by atoms with van der Waals surface area (Å²) in [6, 6.07) is 3.20. The summed E-state index contributed by atoms with van der Waals surface area (Å²) in [5.74, 6) is 0.0137. The van der Waals surface area contributed by atoms with Gasteiger partial charge in [0, 0.05) is 27.2 Å². The molecule has 6 nitrogen and oxygen atoms in total. The van der Waals surface area contributed by atoms with Crippen LogP contribution in [0.15, 0.2) is 18.2 Å². The first-order valence-corrected chi connectivity index (χ1v) is 7.58. The van der Waals surface area contributed by atoms with Crippen LogP contribution in [-0.2, 0) is 11.0 Å². The Bertz CT molecular complexity index is 580. The van der Waals surface area contributed by atoms with Gasteiger partial charge in [-0.2, -0.15) is 13.2 Å². The molecule has 0 saturated carbocycles. The standard InChI is InChI=1S/C15H21F3N4O2/c1-21(2)14(24)9-22-7-6-10(11(23)8-22)19-13-5-3-4-12(20-13)15(16,17)18/h3-5,10-11,23H,6-9H2,1-2H3,(H,19,20). The van der Waals surface area contributed by atoms with Crippen molar-refractivity contribution in [3.8, 4) is 0 Å². The maximum Gasteiger partial charge on any atom is 0.433 e. The lowest BCUT2D eigenvalue weighted by atomic mass is 10.0. The van der Waals surface area contributed by atoms with Crippen LogP contribution in [0, 0.1) is 0 Å². The van der Waals surface area contributed by atoms with Gasteiger partial charge in [-0.15, -0.1) is 0 Å². The summed E-state index contributed by atoms with van der Waals surface area (Å²) in [6.07, 6.45) is -4.81. The lowest BCUT2D eigenvalue weighted by Gasteiger charge is -2.36. The van der Waals surface area contributed by atoms with Crippen molar-refractivity contribution in [2.75, 3.05) is 39.0 Å². The molecule has 0 aromatic carbocycles. The zero-order valence-corrected chi connectivity index (χ0v) is 13.5. The number of amides is 1. The summed E-state index contributed by atoms with van der Waals surface area (Å²) in [5, 5.41) is 13.1. The Hall–Kier alpha value is -1.87. The van der Waals surface area contributed by atoms with Crippen molar-refractivity contribution in [3.63, 3.8) is 0 Å². The Morgan fingerprint density at radius 1 is 1.46 bits per heavy atom. The van der Waals surface area contributed by atoms with Crippen molar-refractivity contribution in [2.24, 2.45) is 0 Å². The van der Waals surface area contributed by atoms with E-state index >= 15 is 0 Å². The highest BCUT2D eigenvalue weighted by molar-refractivity contribution is 5.77. The van der Waals surface area contributed by atoms with Gasteiger partial charge in [0.2, 0.25) is 5.91 Å². The van der Waals surface area contributed by atoms with E-state index in [0.717, 1.165) is 6.07 Å². The maximum atomic E-state index is 12.7. The van der Waals surface area contributed by atoms with Crippen LogP contribution in [0.3, 0.4) is 0 Å². The summed E-state index contributed by atoms with van der Waals surface area (Å²) in [6.45, 7) is 1.04. The number of aliphatic hydroxyl groups is 1. The number of β-amino-alcohol motifs (C(OH)–C–C–N with tert-alkyl or cyclic N) is 1. The van der Waals surface area contributed by atoms with Crippen LogP contribution in [0.25, 0.3) is 0 Å². The lowest BCUT2D eigenvalue weighted by Crippen LogP contribution is -2.52. The van der Waals surface area contributed by atoms with Crippen LogP contribution in [0.2, 0.25) is 0 Å². The van der Waals surface area contributed by atoms with Gasteiger partial charge in [-0.05, 0) is 18.6 Å². The Kier molecular flexibility index (Phi) is 5.66. The molecule has 1 saturated heterocycles. The van der Waals surface area contributed by atoms with Gasteiger partial charge in [0.15, 0.2) is 0 Å². The zero-order chi connectivity index (χ0) is 17.9. The third-order valence-corrected chi connectivity index (χ3v) is 3.90. The van der Waals surface area contributed by atoms with Crippen LogP contribution in [0.4, 0.5) is 19.0 Å². The van der Waals surface area contributed by atoms with E-state index in [1.807, 2.05) is 4.90 Å². The summed E-state index contributed by atoms with van der Waals surface area (Å²) < 4.78 is 38.0. The summed E-state index contributed by atoms with van der Waals surface area (Å²) >= 11 is 0. The predicted molar refractivity (Wildman–Crippen MR) is 82.4 cm³/mol. The minimum absolute atomic E-state index is 0.0619. The molecule has 9 heteroatoms. The highest BCUT2D eigenvalue weighted by Crippen LogP contribution is 2.28. The van der Waals surface area contributed by atoms with Crippen LogP contribution < -0.4 is 5.32 Å². The number of piperidine rings is 1. The van der Waals surface area contributed by atoms with Crippen molar-refractivity contribution in [1.29, 1.82) is 0 Å². The number of likely N-dealkylation sites (N-methyl/N-ethyl adjacent to an activating group) is 1. The van der Waals surface area contributed by atoms with Gasteiger partial charge in [0.05, 0.1) is 18.7 Å². The molecule has 2 heterocycles. The summed E-state index contributed by atoms with van der Waals surface area (Å²) in [4.78, 5) is 18.5. The van der Waals surface area contributed by atoms with Gasteiger partial charge in [-0.25, -0.2) is 4.98 Å². The molecule has 0 aliphatic carbocycles. The molecule has 0 bridgehead atoms. The molecule has 1 aliphatic rings. The fourth-order valence-electron chi connectivity index (χ4n) is 2.50. The number of nitrogens with one attached hydrogen (secondary N) is 1. The van der Waals surface area contributed by atoms with Crippen molar-refractivity contribution in [1.82, 2.24) is 14.8 Å². The Balaban J connectivity index is 1.95. The molecule has 1 amide bonds. The Morgan fingerprint density at radius 2 is 2.17 bits per heavy atom. The van der Waals surface area contributed by atoms with Gasteiger partial charge >= 0.3 is 6.18 Å². The van der Waals surface area contributed by atoms with Crippen LogP contribution in [-0.4, -0.2) is 71.7 Å². The molecule has 1 aliphatic heterocycles. The van der Waals surface area contributed by atoms with Crippen molar-refractivity contribution in [2.45, 2.75) is 24.7 Å². The number of rotatable bonds is 4. The number of halogens is 3. The minimum atomic E-state index is -4.51. The highest BCUT2D eigenvalue weighted by Gasteiger charge is 2.33. The lowest BCUT2D eigenvalue weighted by molar-refractivity contribution is -0.141. The fourth-order valence-corrected chi connectivity index (χ4v) is 2.50. The second kappa shape index (κ2) is 7.35. The Labute approximate surface area is 138 Å². The first-order valence-electron chi connectivity index (χ1n) is 7.58. The quantitative estimate of drug-likeness (QED) is 0.853. The number of pyridine rings is 1. The maximum absolute atomic E-state index is 12.7. The van der Waals surface area contributed by atoms with E-state index < -0.39 is 24.0 Å². The van der Waals surface area contributed by atoms with Gasteiger partial charge in [0.1, 0.15) is 11.5 Å². The minimum Gasteiger partial charge on any atom is -0.390 e. The molecular formula is C15H21F3N4O2. The number of aromatic nitrogens is 1. The highest BCUT2D eigenvalue weighted by atomic mass is 19.4. The molecular weight excluding hydrogens is 325 g/mol. The molecule has 134 valence electrons. The number of hydrogen-bond acceptors (Lipinski definition) is 5. The zero-order valence-electron chi connectivity index (χ0n) is 13.5. The van der Waals surface area contributed by atoms with E-state index in [-0.39, 0.29) is 24.8 Å². The van der Waals surface area contributed by atoms with Crippen molar-refractivity contribution >= 4 is 11.7 Å². The molecule has 2 atom stereocenters. The van der Waals surface area contributed by atoms with E-state index in [4.69, 9.17) is 0 Å². The predicted octanol–water partition coefficient (Wildman–Crippen LogP) is 1.04. The van der Waals surface area contributed by atoms with E-state index in [1.165, 1.54) is 17.0 Å². The van der Waals surface area contributed by atoms with Gasteiger partial charge in [0.25, 0.3) is 0 Å². The number of nitrogens with zero attached hydrogens (tertiary/aromatic N) is 3. The van der Waals surface area contributed by atoms with E-state index in [9.17, 15) is 23.1 Å². The average molecular weight is 346 g/mol. The largest absolute Gasteiger partial charge is 0.433 e. The second-order valence-corrected chi connectivity index (χ2v) is 6.04. The number of alkyl halides is 3. The van der Waals surface area contributed by atoms with Crippen LogP contribution in [0.5, 0.6) is 0 Å². The van der Waals surface area contributed by atoms with Crippen LogP contribution >= 0.6 is 0 Å². The first-order chi connectivity index (χ1) is 11.2. The molecule has 1 aromatic heterocycles. The van der Waals surface area contributed by atoms with Gasteiger partial charge in [-0.3, -0.25) is 9.69 Å². The SMILES string of the molecule is CN(C)C(=O)CN1CCC(Nc2cccc(C(F)(F)F)n2)C(O)C1. The van der Waals surface area contributed by atoms with Crippen molar-refractivity contribution in [3.05, 3.63) is 23.9 Å². The van der Waals surface area contributed by atoms with E-state index in [1.54, 1.807) is 14.1 Å². The number of carbonyl (C=O) groups excluding carboxylic acids is 1. The van der Waals surface area contributed by atoms with Crippen molar-refractivity contribution < 1.29 is 23.1 Å². The van der Waals surface area contributed by atoms with E-state index in [2.05, 4.69) is 10.3 Å². The monoisotopic (exact) mass is 346 g/mol. The van der Waals surface area contributed by atoms with Crippen LogP contribution in [0.1, 0.15) is 12.1 Å². The third kappa shape index (κ3) is 4.81. The molecule has 0 spiro atoms. The third-order valence-electron chi connectivity index (χ3n) is 3.90. The average Bonchev–Trinajstić information content (AvgIpc) is 2.49. The molecule has 2 unspecified atom stereocenters. The number of aliphatic hydroxyl groups excluding tert-OH is 1. The molecule has 1 aromatic rings. The molecule has 1 fully saturated rings. The summed E-state index contributed by atoms with van der Waals surface area (Å²) in [7, 11) is 3.32. The topological polar surface area (TPSA) is 68.7 Å². The Morgan fingerprint density at radius 3 is 2.75 bits per heavy atom. The van der Waals surface area contributed by atoms with Gasteiger partial charge < -0.3 is 15.3 Å². The molecule has 2 N–H and O–H groups in total. The van der Waals surface area contributed by atoms with E-state index in [0.29, 0.717) is 13.0 Å². The number of carbonyl (C=O) groups is 1. The number of anilines is 1. The fraction of sp³-hybridized carbons (Fsp3) is 0.600. The normalized spacial score (nSPS) is 22.2. The molecule has 0 radical (unpaired) electrons. The molecule has 2 rings (SSSR count). The summed E-state index contributed by atoms with van der Waals surface area (Å²) in [5.41, 5.74) is -0.976. The first kappa shape index (κ1) is 18.5. The number of likely N-dealkylation sites (tertiary alicyclic amines) is 1. The number of hydrogen-bond donors (Lipinski definition) is 2. The van der Waals surface area contributed by atoms with Gasteiger partial charge in [-0.1, -0.05) is 6.07 Å².